The fourth-order valence-corrected chi connectivity index (χ4v) is 4.32. The van der Waals surface area contributed by atoms with Crippen molar-refractivity contribution < 1.29 is 9.21 Å². The second kappa shape index (κ2) is 9.52. The van der Waals surface area contributed by atoms with Gasteiger partial charge in [-0.1, -0.05) is 39.3 Å². The lowest BCUT2D eigenvalue weighted by molar-refractivity contribution is 0.0896. The zero-order valence-corrected chi connectivity index (χ0v) is 20.9. The van der Waals surface area contributed by atoms with Gasteiger partial charge in [0.15, 0.2) is 0 Å². The van der Waals surface area contributed by atoms with E-state index in [4.69, 9.17) is 9.40 Å². The lowest BCUT2D eigenvalue weighted by Gasteiger charge is -2.19. The molecule has 2 N–H and O–H groups in total. The van der Waals surface area contributed by atoms with Crippen molar-refractivity contribution in [3.8, 4) is 11.3 Å². The number of hydrogen-bond donors (Lipinski definition) is 2. The number of nitrogens with one attached hydrogen (secondary N) is 2. The number of anilines is 2. The van der Waals surface area contributed by atoms with Crippen molar-refractivity contribution in [3.05, 3.63) is 65.8 Å². The van der Waals surface area contributed by atoms with Crippen LogP contribution in [0.15, 0.2) is 47.3 Å². The van der Waals surface area contributed by atoms with Crippen LogP contribution in [0.1, 0.15) is 73.8 Å². The highest BCUT2D eigenvalue weighted by atomic mass is 16.4. The maximum Gasteiger partial charge on any atom is 0.309 e. The van der Waals surface area contributed by atoms with Crippen LogP contribution in [-0.2, 0) is 18.9 Å². The Hall–Kier alpha value is -4.08. The van der Waals surface area contributed by atoms with Crippen molar-refractivity contribution in [3.63, 3.8) is 0 Å². The molecule has 0 radical (unpaired) electrons. The number of hydrogen-bond acceptors (Lipinski definition) is 8. The van der Waals surface area contributed by atoms with E-state index in [1.165, 1.54) is 5.56 Å². The molecule has 0 saturated carbocycles. The Morgan fingerprint density at radius 3 is 2.78 bits per heavy atom. The lowest BCUT2D eigenvalue weighted by atomic mass is 9.95. The Balaban J connectivity index is 1.36. The first-order valence-corrected chi connectivity index (χ1v) is 12.1. The third-order valence-electron chi connectivity index (χ3n) is 6.19. The highest BCUT2D eigenvalue weighted by Crippen LogP contribution is 2.32. The van der Waals surface area contributed by atoms with Gasteiger partial charge in [0.25, 0.3) is 0 Å². The van der Waals surface area contributed by atoms with Crippen LogP contribution in [0, 0.1) is 0 Å². The van der Waals surface area contributed by atoms with Crippen LogP contribution in [0.3, 0.4) is 0 Å². The third kappa shape index (κ3) is 5.12. The van der Waals surface area contributed by atoms with E-state index in [9.17, 15) is 4.79 Å². The van der Waals surface area contributed by atoms with E-state index in [2.05, 4.69) is 43.0 Å². The van der Waals surface area contributed by atoms with Crippen LogP contribution < -0.4 is 10.6 Å². The maximum absolute atomic E-state index is 12.9. The van der Waals surface area contributed by atoms with Gasteiger partial charge in [-0.05, 0) is 42.5 Å². The van der Waals surface area contributed by atoms with Crippen molar-refractivity contribution in [1.29, 1.82) is 0 Å². The fraction of sp³-hybridized carbons (Fsp3) is 0.385. The molecule has 4 aromatic rings. The van der Waals surface area contributed by atoms with E-state index in [1.54, 1.807) is 17.1 Å². The minimum Gasteiger partial charge on any atom is -0.416 e. The minimum atomic E-state index is -0.346. The summed E-state index contributed by atoms with van der Waals surface area (Å²) in [5.41, 5.74) is 4.66. The monoisotopic (exact) mass is 486 g/mol. The number of aryl methyl sites for hydroxylation is 2. The molecule has 0 aliphatic heterocycles. The van der Waals surface area contributed by atoms with Gasteiger partial charge in [0.1, 0.15) is 0 Å². The van der Waals surface area contributed by atoms with Gasteiger partial charge in [-0.2, -0.15) is 5.10 Å². The molecule has 0 fully saturated rings. The molecule has 186 valence electrons. The predicted octanol–water partition coefficient (Wildman–Crippen LogP) is 4.50. The van der Waals surface area contributed by atoms with Crippen LogP contribution in [0.25, 0.3) is 11.3 Å². The number of amides is 1. The summed E-state index contributed by atoms with van der Waals surface area (Å²) in [5, 5.41) is 18.5. The van der Waals surface area contributed by atoms with Gasteiger partial charge in [0, 0.05) is 30.4 Å². The van der Waals surface area contributed by atoms with E-state index in [1.807, 2.05) is 46.1 Å². The van der Waals surface area contributed by atoms with E-state index in [0.717, 1.165) is 48.2 Å². The summed E-state index contributed by atoms with van der Waals surface area (Å²) in [6, 6.07) is 8.08. The van der Waals surface area contributed by atoms with E-state index >= 15 is 0 Å². The zero-order valence-electron chi connectivity index (χ0n) is 20.9. The third-order valence-corrected chi connectivity index (χ3v) is 6.19. The Bertz CT molecular complexity index is 1380. The van der Waals surface area contributed by atoms with Gasteiger partial charge >= 0.3 is 11.8 Å². The van der Waals surface area contributed by atoms with Crippen LogP contribution in [0.4, 0.5) is 11.6 Å². The normalized spacial score (nSPS) is 15.7. The highest BCUT2D eigenvalue weighted by Gasteiger charge is 2.27. The van der Waals surface area contributed by atoms with Crippen molar-refractivity contribution in [2.45, 2.75) is 57.9 Å². The van der Waals surface area contributed by atoms with Crippen LogP contribution in [0.5, 0.6) is 0 Å². The molecule has 0 spiro atoms. The summed E-state index contributed by atoms with van der Waals surface area (Å²) in [6.07, 6.45) is 9.19. The molecule has 5 rings (SSSR count). The average Bonchev–Trinajstić information content (AvgIpc) is 3.46. The van der Waals surface area contributed by atoms with Gasteiger partial charge in [-0.25, -0.2) is 9.97 Å². The molecule has 10 nitrogen and oxygen atoms in total. The van der Waals surface area contributed by atoms with Crippen molar-refractivity contribution in [2.75, 3.05) is 5.32 Å². The first-order valence-electron chi connectivity index (χ1n) is 12.1. The molecular weight excluding hydrogens is 456 g/mol. The fourth-order valence-electron chi connectivity index (χ4n) is 4.32. The Morgan fingerprint density at radius 2 is 2.03 bits per heavy atom. The van der Waals surface area contributed by atoms with Gasteiger partial charge in [-0.15, -0.1) is 10.2 Å². The van der Waals surface area contributed by atoms with Crippen LogP contribution >= 0.6 is 0 Å². The van der Waals surface area contributed by atoms with Crippen molar-refractivity contribution >= 4 is 17.5 Å². The number of fused-ring (bicyclic) bond motifs is 1. The summed E-state index contributed by atoms with van der Waals surface area (Å²) >= 11 is 0. The number of nitrogens with zero attached hydrogens (tertiary/aromatic N) is 6. The van der Waals surface area contributed by atoms with Gasteiger partial charge in [-0.3, -0.25) is 9.48 Å². The van der Waals surface area contributed by atoms with Gasteiger partial charge < -0.3 is 15.1 Å². The van der Waals surface area contributed by atoms with Crippen molar-refractivity contribution in [1.82, 2.24) is 35.3 Å². The van der Waals surface area contributed by atoms with Crippen LogP contribution in [0.2, 0.25) is 0 Å². The lowest BCUT2D eigenvalue weighted by Crippen LogP contribution is -2.29. The number of rotatable bonds is 5. The van der Waals surface area contributed by atoms with E-state index < -0.39 is 0 Å². The van der Waals surface area contributed by atoms with Crippen LogP contribution in [-0.4, -0.2) is 35.9 Å². The Labute approximate surface area is 209 Å². The van der Waals surface area contributed by atoms with Gasteiger partial charge in [0.05, 0.1) is 23.6 Å². The number of aromatic nitrogens is 6. The Morgan fingerprint density at radius 1 is 1.17 bits per heavy atom. The first kappa shape index (κ1) is 23.7. The van der Waals surface area contributed by atoms with E-state index in [0.29, 0.717) is 11.8 Å². The molecule has 3 aromatic heterocycles. The van der Waals surface area contributed by atoms with Gasteiger partial charge in [0.2, 0.25) is 11.8 Å². The summed E-state index contributed by atoms with van der Waals surface area (Å²) < 4.78 is 7.36. The quantitative estimate of drug-likeness (QED) is 0.395. The molecule has 10 heteroatoms. The molecule has 1 aliphatic rings. The molecule has 1 unspecified atom stereocenters. The van der Waals surface area contributed by atoms with Crippen molar-refractivity contribution in [2.24, 2.45) is 7.05 Å². The minimum absolute atomic E-state index is 0.00280. The molecular formula is C26H30N8O2. The smallest absolute Gasteiger partial charge is 0.309 e. The summed E-state index contributed by atoms with van der Waals surface area (Å²) in [6.45, 7) is 5.91. The van der Waals surface area contributed by atoms with E-state index in [-0.39, 0.29) is 23.3 Å². The molecule has 1 atom stereocenters. The molecule has 36 heavy (non-hydrogen) atoms. The molecule has 0 saturated heterocycles. The Kier molecular flexibility index (Phi) is 6.26. The second-order valence-electron chi connectivity index (χ2n) is 10.1. The molecule has 3 heterocycles. The number of benzene rings is 1. The summed E-state index contributed by atoms with van der Waals surface area (Å²) in [7, 11) is 1.86. The summed E-state index contributed by atoms with van der Waals surface area (Å²) in [4.78, 5) is 21.9. The largest absolute Gasteiger partial charge is 0.416 e. The number of carbonyl (C=O) groups excluding carboxylic acids is 1. The maximum atomic E-state index is 12.9. The SMILES string of the molecule is Cn1cc(Nc2nccc(-c3ccc4c(c3)CCCCC4NC(=O)c3nnc(C(C)(C)C)o3)n2)cn1. The molecule has 1 aromatic carbocycles. The molecule has 1 amide bonds. The molecule has 1 aliphatic carbocycles. The standard InChI is InChI=1S/C26H30N8O2/c1-26(2,3)24-33-32-23(36-24)22(35)30-21-8-6-5-7-16-13-17(9-10-19(16)21)20-11-12-27-25(31-20)29-18-14-28-34(4)15-18/h9-15,21H,5-8H2,1-4H3,(H,30,35)(H,27,29,31). The second-order valence-corrected chi connectivity index (χ2v) is 10.1. The average molecular weight is 487 g/mol. The summed E-state index contributed by atoms with van der Waals surface area (Å²) in [5.74, 6) is 0.606. The predicted molar refractivity (Wildman–Crippen MR) is 135 cm³/mol. The highest BCUT2D eigenvalue weighted by molar-refractivity contribution is 5.89. The number of carbonyl (C=O) groups is 1. The first-order chi connectivity index (χ1) is 17.3. The molecule has 0 bridgehead atoms. The topological polar surface area (TPSA) is 124 Å². The zero-order chi connectivity index (χ0) is 25.3.